The van der Waals surface area contributed by atoms with E-state index in [1.807, 2.05) is 25.1 Å². The molecule has 134 valence electrons. The molecule has 1 aromatic heterocycles. The molecule has 0 radical (unpaired) electrons. The van der Waals surface area contributed by atoms with Gasteiger partial charge in [0.1, 0.15) is 11.4 Å². The minimum Gasteiger partial charge on any atom is -0.338 e. The molecular formula is C18H14ClF3N4. The molecule has 1 heterocycles. The number of aromatic nitrogens is 2. The van der Waals surface area contributed by atoms with Gasteiger partial charge < -0.3 is 10.6 Å². The maximum absolute atomic E-state index is 13.3. The van der Waals surface area contributed by atoms with E-state index in [0.717, 1.165) is 11.8 Å². The third-order valence-electron chi connectivity index (χ3n) is 3.61. The van der Waals surface area contributed by atoms with Crippen LogP contribution in [0.25, 0.3) is 0 Å². The Labute approximate surface area is 153 Å². The highest BCUT2D eigenvalue weighted by atomic mass is 35.5. The van der Waals surface area contributed by atoms with Gasteiger partial charge in [-0.3, -0.25) is 0 Å². The van der Waals surface area contributed by atoms with Crippen molar-refractivity contribution in [1.82, 2.24) is 9.97 Å². The third-order valence-corrected chi connectivity index (χ3v) is 3.94. The van der Waals surface area contributed by atoms with Gasteiger partial charge in [-0.25, -0.2) is 4.98 Å². The van der Waals surface area contributed by atoms with Crippen molar-refractivity contribution in [3.63, 3.8) is 0 Å². The van der Waals surface area contributed by atoms with Crippen LogP contribution in [0.5, 0.6) is 0 Å². The molecule has 0 spiro atoms. The molecule has 0 bridgehead atoms. The predicted octanol–water partition coefficient (Wildman–Crippen LogP) is 5.94. The van der Waals surface area contributed by atoms with Crippen molar-refractivity contribution in [3.05, 3.63) is 70.9 Å². The van der Waals surface area contributed by atoms with Crippen LogP contribution in [-0.2, 0) is 6.18 Å². The summed E-state index contributed by atoms with van der Waals surface area (Å²) in [5, 5.41) is 5.86. The monoisotopic (exact) mass is 378 g/mol. The minimum atomic E-state index is -4.61. The highest BCUT2D eigenvalue weighted by molar-refractivity contribution is 6.33. The summed E-state index contributed by atoms with van der Waals surface area (Å²) in [7, 11) is 0. The van der Waals surface area contributed by atoms with Gasteiger partial charge in [0, 0.05) is 11.9 Å². The normalized spacial score (nSPS) is 11.3. The molecule has 0 aliphatic rings. The highest BCUT2D eigenvalue weighted by Crippen LogP contribution is 2.36. The van der Waals surface area contributed by atoms with Crippen LogP contribution in [0.2, 0.25) is 5.02 Å². The molecule has 0 amide bonds. The molecule has 0 aliphatic heterocycles. The maximum Gasteiger partial charge on any atom is 0.421 e. The summed E-state index contributed by atoms with van der Waals surface area (Å²) in [6.45, 7) is 1.87. The van der Waals surface area contributed by atoms with Crippen LogP contribution in [0, 0.1) is 6.92 Å². The first-order valence-electron chi connectivity index (χ1n) is 7.63. The quantitative estimate of drug-likeness (QED) is 0.589. The first-order valence-corrected chi connectivity index (χ1v) is 8.01. The number of nitrogens with one attached hydrogen (secondary N) is 2. The van der Waals surface area contributed by atoms with E-state index in [-0.39, 0.29) is 16.8 Å². The Hall–Kier alpha value is -2.80. The van der Waals surface area contributed by atoms with Gasteiger partial charge in [0.2, 0.25) is 5.95 Å². The van der Waals surface area contributed by atoms with Gasteiger partial charge >= 0.3 is 6.18 Å². The summed E-state index contributed by atoms with van der Waals surface area (Å²) < 4.78 is 39.9. The zero-order chi connectivity index (χ0) is 18.7. The van der Waals surface area contributed by atoms with Crippen molar-refractivity contribution in [2.24, 2.45) is 0 Å². The number of aryl methyl sites for hydroxylation is 1. The first-order chi connectivity index (χ1) is 12.3. The second-order valence-corrected chi connectivity index (χ2v) is 5.91. The van der Waals surface area contributed by atoms with Crippen molar-refractivity contribution in [2.75, 3.05) is 10.6 Å². The van der Waals surface area contributed by atoms with Gasteiger partial charge in [0.05, 0.1) is 10.7 Å². The summed E-state index contributed by atoms with van der Waals surface area (Å²) in [6.07, 6.45) is -3.86. The molecule has 2 aromatic carbocycles. The van der Waals surface area contributed by atoms with Crippen LogP contribution in [0.3, 0.4) is 0 Å². The Bertz CT molecular complexity index is 928. The second-order valence-electron chi connectivity index (χ2n) is 5.50. The zero-order valence-corrected chi connectivity index (χ0v) is 14.4. The molecule has 0 aliphatic carbocycles. The van der Waals surface area contributed by atoms with Crippen molar-refractivity contribution in [3.8, 4) is 0 Å². The fourth-order valence-electron chi connectivity index (χ4n) is 2.27. The number of nitrogens with zero attached hydrogens (tertiary/aromatic N) is 2. The molecule has 0 unspecified atom stereocenters. The molecule has 3 rings (SSSR count). The van der Waals surface area contributed by atoms with Gasteiger partial charge in [0.15, 0.2) is 0 Å². The van der Waals surface area contributed by atoms with Gasteiger partial charge in [-0.2, -0.15) is 18.2 Å². The van der Waals surface area contributed by atoms with Crippen LogP contribution in [0.15, 0.2) is 54.7 Å². The number of benzene rings is 2. The summed E-state index contributed by atoms with van der Waals surface area (Å²) in [4.78, 5) is 7.79. The van der Waals surface area contributed by atoms with Crippen molar-refractivity contribution >= 4 is 34.7 Å². The number of alkyl halides is 3. The number of hydrogen-bond donors (Lipinski definition) is 2. The Balaban J connectivity index is 1.99. The van der Waals surface area contributed by atoms with E-state index in [1.165, 1.54) is 0 Å². The SMILES string of the molecule is Cc1ccccc1Nc1ncc(C(F)(F)F)c(Nc2ccccc2Cl)n1. The van der Waals surface area contributed by atoms with Gasteiger partial charge in [0.25, 0.3) is 0 Å². The van der Waals surface area contributed by atoms with Crippen LogP contribution < -0.4 is 10.6 Å². The van der Waals surface area contributed by atoms with Crippen LogP contribution in [0.1, 0.15) is 11.1 Å². The summed E-state index contributed by atoms with van der Waals surface area (Å²) in [5.74, 6) is -0.335. The first kappa shape index (κ1) is 18.0. The van der Waals surface area contributed by atoms with Crippen molar-refractivity contribution in [1.29, 1.82) is 0 Å². The average molecular weight is 379 g/mol. The van der Waals surface area contributed by atoms with Crippen LogP contribution >= 0.6 is 11.6 Å². The number of para-hydroxylation sites is 2. The molecule has 2 N–H and O–H groups in total. The predicted molar refractivity (Wildman–Crippen MR) is 96.2 cm³/mol. The number of hydrogen-bond acceptors (Lipinski definition) is 4. The largest absolute Gasteiger partial charge is 0.421 e. The number of rotatable bonds is 4. The second kappa shape index (κ2) is 7.21. The molecule has 0 saturated heterocycles. The van der Waals surface area contributed by atoms with Gasteiger partial charge in [-0.15, -0.1) is 0 Å². The zero-order valence-electron chi connectivity index (χ0n) is 13.6. The molecule has 0 fully saturated rings. The Morgan fingerprint density at radius 1 is 0.923 bits per heavy atom. The molecular weight excluding hydrogens is 365 g/mol. The van der Waals surface area contributed by atoms with E-state index in [2.05, 4.69) is 20.6 Å². The number of halogens is 4. The lowest BCUT2D eigenvalue weighted by atomic mass is 10.2. The molecule has 8 heteroatoms. The Morgan fingerprint density at radius 3 is 2.23 bits per heavy atom. The Kier molecular flexibility index (Phi) is 4.99. The van der Waals surface area contributed by atoms with Gasteiger partial charge in [-0.1, -0.05) is 41.9 Å². The molecule has 0 atom stereocenters. The van der Waals surface area contributed by atoms with Gasteiger partial charge in [-0.05, 0) is 30.7 Å². The van der Waals surface area contributed by atoms with E-state index in [9.17, 15) is 13.2 Å². The fraction of sp³-hybridized carbons (Fsp3) is 0.111. The van der Waals surface area contributed by atoms with E-state index in [1.54, 1.807) is 30.3 Å². The lowest BCUT2D eigenvalue weighted by Gasteiger charge is -2.16. The van der Waals surface area contributed by atoms with Crippen molar-refractivity contribution in [2.45, 2.75) is 13.1 Å². The minimum absolute atomic E-state index is 0.0434. The van der Waals surface area contributed by atoms with E-state index >= 15 is 0 Å². The standard InChI is InChI=1S/C18H14ClF3N4/c1-11-6-2-4-8-14(11)25-17-23-10-12(18(20,21)22)16(26-17)24-15-9-5-3-7-13(15)19/h2-10H,1H3,(H2,23,24,25,26). The van der Waals surface area contributed by atoms with E-state index in [0.29, 0.717) is 11.4 Å². The summed E-state index contributed by atoms with van der Waals surface area (Å²) >= 11 is 6.03. The van der Waals surface area contributed by atoms with Crippen LogP contribution in [0.4, 0.5) is 36.3 Å². The molecule has 3 aromatic rings. The topological polar surface area (TPSA) is 49.8 Å². The molecule has 0 saturated carbocycles. The third kappa shape index (κ3) is 4.05. The van der Waals surface area contributed by atoms with Crippen molar-refractivity contribution < 1.29 is 13.2 Å². The smallest absolute Gasteiger partial charge is 0.338 e. The average Bonchev–Trinajstić information content (AvgIpc) is 2.58. The molecule has 4 nitrogen and oxygen atoms in total. The maximum atomic E-state index is 13.3. The summed E-state index contributed by atoms with van der Waals surface area (Å²) in [5.41, 5.74) is 0.959. The lowest BCUT2D eigenvalue weighted by Crippen LogP contribution is -2.13. The molecule has 26 heavy (non-hydrogen) atoms. The fourth-order valence-corrected chi connectivity index (χ4v) is 2.45. The highest BCUT2D eigenvalue weighted by Gasteiger charge is 2.35. The van der Waals surface area contributed by atoms with Crippen LogP contribution in [-0.4, -0.2) is 9.97 Å². The number of anilines is 4. The summed E-state index contributed by atoms with van der Waals surface area (Å²) in [6, 6.07) is 13.8. The Morgan fingerprint density at radius 2 is 1.58 bits per heavy atom. The lowest BCUT2D eigenvalue weighted by molar-refractivity contribution is -0.137. The van der Waals surface area contributed by atoms with E-state index in [4.69, 9.17) is 11.6 Å². The van der Waals surface area contributed by atoms with E-state index < -0.39 is 11.7 Å².